The SMILES string of the molecule is CN(C(=O)OC(C)(C)C)c1cccc(C(N=O)C(=O)O)c1. The molecule has 21 heavy (non-hydrogen) atoms. The molecule has 0 radical (unpaired) electrons. The van der Waals surface area contributed by atoms with Crippen LogP contribution in [0.4, 0.5) is 10.5 Å². The lowest BCUT2D eigenvalue weighted by molar-refractivity contribution is -0.138. The number of nitrogens with zero attached hydrogens (tertiary/aromatic N) is 2. The average Bonchev–Trinajstić information content (AvgIpc) is 2.36. The molecule has 1 unspecified atom stereocenters. The van der Waals surface area contributed by atoms with Crippen LogP contribution in [-0.2, 0) is 9.53 Å². The van der Waals surface area contributed by atoms with E-state index >= 15 is 0 Å². The molecule has 0 saturated carbocycles. The Bertz CT molecular complexity index is 551. The van der Waals surface area contributed by atoms with E-state index in [4.69, 9.17) is 9.84 Å². The molecule has 0 fully saturated rings. The smallest absolute Gasteiger partial charge is 0.414 e. The van der Waals surface area contributed by atoms with Crippen LogP contribution < -0.4 is 4.90 Å². The summed E-state index contributed by atoms with van der Waals surface area (Å²) in [7, 11) is 1.50. The van der Waals surface area contributed by atoms with Gasteiger partial charge in [0.2, 0.25) is 6.04 Å². The number of carboxylic acids is 1. The Morgan fingerprint density at radius 2 is 1.95 bits per heavy atom. The third-order valence-electron chi connectivity index (χ3n) is 2.58. The Morgan fingerprint density at radius 3 is 2.43 bits per heavy atom. The van der Waals surface area contributed by atoms with Crippen molar-refractivity contribution in [3.63, 3.8) is 0 Å². The number of carbonyl (C=O) groups excluding carboxylic acids is 1. The highest BCUT2D eigenvalue weighted by atomic mass is 16.6. The Balaban J connectivity index is 3.01. The second-order valence-electron chi connectivity index (χ2n) is 5.48. The van der Waals surface area contributed by atoms with Crippen LogP contribution in [0.25, 0.3) is 0 Å². The molecule has 0 aliphatic heterocycles. The number of nitroso groups, excluding NO2 is 1. The summed E-state index contributed by atoms with van der Waals surface area (Å²) in [6.45, 7) is 5.23. The van der Waals surface area contributed by atoms with Crippen LogP contribution in [0.1, 0.15) is 32.4 Å². The van der Waals surface area contributed by atoms with Crippen LogP contribution in [0, 0.1) is 4.91 Å². The van der Waals surface area contributed by atoms with Crippen molar-refractivity contribution in [1.29, 1.82) is 0 Å². The number of carbonyl (C=O) groups is 2. The minimum atomic E-state index is -1.50. The third kappa shape index (κ3) is 4.55. The summed E-state index contributed by atoms with van der Waals surface area (Å²) in [5, 5.41) is 11.5. The van der Waals surface area contributed by atoms with E-state index in [0.717, 1.165) is 0 Å². The summed E-state index contributed by atoms with van der Waals surface area (Å²) in [6, 6.07) is 4.54. The number of benzene rings is 1. The van der Waals surface area contributed by atoms with Crippen molar-refractivity contribution >= 4 is 17.7 Å². The van der Waals surface area contributed by atoms with Gasteiger partial charge in [-0.1, -0.05) is 12.1 Å². The highest BCUT2D eigenvalue weighted by Crippen LogP contribution is 2.24. The van der Waals surface area contributed by atoms with Gasteiger partial charge in [0.05, 0.1) is 0 Å². The fraction of sp³-hybridized carbons (Fsp3) is 0.429. The summed E-state index contributed by atoms with van der Waals surface area (Å²) >= 11 is 0. The second kappa shape index (κ2) is 6.34. The van der Waals surface area contributed by atoms with Gasteiger partial charge in [-0.2, -0.15) is 0 Å². The average molecular weight is 294 g/mol. The molecule has 0 aliphatic carbocycles. The molecule has 0 bridgehead atoms. The van der Waals surface area contributed by atoms with Gasteiger partial charge >= 0.3 is 12.1 Å². The number of amides is 1. The quantitative estimate of drug-likeness (QED) is 0.861. The first-order valence-electron chi connectivity index (χ1n) is 6.27. The number of carboxylic acid groups (broad SMARTS) is 1. The van der Waals surface area contributed by atoms with Crippen molar-refractivity contribution < 1.29 is 19.4 Å². The van der Waals surface area contributed by atoms with Crippen molar-refractivity contribution in [2.75, 3.05) is 11.9 Å². The monoisotopic (exact) mass is 294 g/mol. The molecule has 0 heterocycles. The molecule has 7 nitrogen and oxygen atoms in total. The molecule has 0 aromatic heterocycles. The molecule has 1 aromatic carbocycles. The number of hydrogen-bond donors (Lipinski definition) is 1. The molecular formula is C14H18N2O5. The summed E-state index contributed by atoms with van der Waals surface area (Å²) in [5.41, 5.74) is -0.0289. The van der Waals surface area contributed by atoms with Gasteiger partial charge in [0.15, 0.2) is 0 Å². The van der Waals surface area contributed by atoms with Crippen LogP contribution in [0.2, 0.25) is 0 Å². The zero-order chi connectivity index (χ0) is 16.2. The van der Waals surface area contributed by atoms with Crippen LogP contribution in [0.15, 0.2) is 29.4 Å². The first-order chi connectivity index (χ1) is 9.65. The Morgan fingerprint density at radius 1 is 1.33 bits per heavy atom. The minimum absolute atomic E-state index is 0.199. The number of hydrogen-bond acceptors (Lipinski definition) is 5. The standard InChI is InChI=1S/C14H18N2O5/c1-14(2,3)21-13(19)16(4)10-7-5-6-9(8-10)11(15-20)12(17)18/h5-8,11H,1-4H3,(H,17,18). The zero-order valence-electron chi connectivity index (χ0n) is 12.4. The maximum Gasteiger partial charge on any atom is 0.414 e. The molecule has 0 aliphatic rings. The van der Waals surface area contributed by atoms with Crippen LogP contribution >= 0.6 is 0 Å². The van der Waals surface area contributed by atoms with Gasteiger partial charge in [-0.3, -0.25) is 4.90 Å². The molecule has 1 aromatic rings. The molecule has 0 saturated heterocycles. The van der Waals surface area contributed by atoms with Gasteiger partial charge in [-0.05, 0) is 43.6 Å². The Labute approximate surface area is 122 Å². The van der Waals surface area contributed by atoms with E-state index in [2.05, 4.69) is 5.18 Å². The van der Waals surface area contributed by atoms with Gasteiger partial charge in [-0.25, -0.2) is 9.59 Å². The largest absolute Gasteiger partial charge is 0.479 e. The molecule has 0 spiro atoms. The first kappa shape index (κ1) is 16.6. The summed E-state index contributed by atoms with van der Waals surface area (Å²) in [4.78, 5) is 34.7. The number of ether oxygens (including phenoxy) is 1. The van der Waals surface area contributed by atoms with E-state index in [9.17, 15) is 14.5 Å². The lowest BCUT2D eigenvalue weighted by atomic mass is 10.1. The summed E-state index contributed by atoms with van der Waals surface area (Å²) in [5.74, 6) is -1.35. The first-order valence-corrected chi connectivity index (χ1v) is 6.27. The van der Waals surface area contributed by atoms with Crippen molar-refractivity contribution in [1.82, 2.24) is 0 Å². The fourth-order valence-electron chi connectivity index (χ4n) is 1.59. The molecule has 1 atom stereocenters. The van der Waals surface area contributed by atoms with E-state index in [0.29, 0.717) is 5.69 Å². The molecule has 1 amide bonds. The predicted molar refractivity (Wildman–Crippen MR) is 77.3 cm³/mol. The third-order valence-corrected chi connectivity index (χ3v) is 2.58. The van der Waals surface area contributed by atoms with Gasteiger partial charge < -0.3 is 9.84 Å². The van der Waals surface area contributed by atoms with Crippen molar-refractivity contribution in [3.05, 3.63) is 34.7 Å². The van der Waals surface area contributed by atoms with Gasteiger partial charge in [-0.15, -0.1) is 4.91 Å². The van der Waals surface area contributed by atoms with Crippen LogP contribution in [0.5, 0.6) is 0 Å². The maximum atomic E-state index is 11.9. The highest BCUT2D eigenvalue weighted by molar-refractivity contribution is 5.87. The lowest BCUT2D eigenvalue weighted by Gasteiger charge is -2.25. The molecule has 114 valence electrons. The van der Waals surface area contributed by atoms with E-state index in [1.54, 1.807) is 32.9 Å². The molecule has 1 rings (SSSR count). The zero-order valence-corrected chi connectivity index (χ0v) is 12.4. The number of rotatable bonds is 4. The summed E-state index contributed by atoms with van der Waals surface area (Å²) < 4.78 is 5.21. The van der Waals surface area contributed by atoms with Crippen molar-refractivity contribution in [2.45, 2.75) is 32.4 Å². The number of anilines is 1. The maximum absolute atomic E-state index is 11.9. The van der Waals surface area contributed by atoms with E-state index in [1.807, 2.05) is 0 Å². The minimum Gasteiger partial charge on any atom is -0.479 e. The second-order valence-corrected chi connectivity index (χ2v) is 5.48. The van der Waals surface area contributed by atoms with E-state index in [-0.39, 0.29) is 5.56 Å². The topological polar surface area (TPSA) is 96.3 Å². The van der Waals surface area contributed by atoms with Gasteiger partial charge in [0.1, 0.15) is 5.60 Å². The van der Waals surface area contributed by atoms with Gasteiger partial charge in [0, 0.05) is 12.7 Å². The van der Waals surface area contributed by atoms with Crippen LogP contribution in [-0.4, -0.2) is 29.8 Å². The van der Waals surface area contributed by atoms with Crippen molar-refractivity contribution in [2.24, 2.45) is 5.18 Å². The molecule has 7 heteroatoms. The molecule has 1 N–H and O–H groups in total. The number of aliphatic carboxylic acids is 1. The fourth-order valence-corrected chi connectivity index (χ4v) is 1.59. The predicted octanol–water partition coefficient (Wildman–Crippen LogP) is 2.95. The normalized spacial score (nSPS) is 12.4. The molecular weight excluding hydrogens is 276 g/mol. The van der Waals surface area contributed by atoms with Crippen LogP contribution in [0.3, 0.4) is 0 Å². The Kier molecular flexibility index (Phi) is 5.02. The Hall–Kier alpha value is -2.44. The van der Waals surface area contributed by atoms with E-state index < -0.39 is 23.7 Å². The lowest BCUT2D eigenvalue weighted by Crippen LogP contribution is -2.34. The van der Waals surface area contributed by atoms with Crippen molar-refractivity contribution in [3.8, 4) is 0 Å². The van der Waals surface area contributed by atoms with E-state index in [1.165, 1.54) is 24.1 Å². The van der Waals surface area contributed by atoms with Gasteiger partial charge in [0.25, 0.3) is 0 Å². The highest BCUT2D eigenvalue weighted by Gasteiger charge is 2.24. The summed E-state index contributed by atoms with van der Waals surface area (Å²) in [6.07, 6.45) is -0.578.